The molecule has 394 valence electrons. The van der Waals surface area contributed by atoms with Crippen molar-refractivity contribution >= 4 is 91.5 Å². The summed E-state index contributed by atoms with van der Waals surface area (Å²) in [6.45, 7) is 9.25. The molecule has 6 N–H and O–H groups in total. The predicted octanol–water partition coefficient (Wildman–Crippen LogP) is 8.15. The van der Waals surface area contributed by atoms with Gasteiger partial charge in [-0.1, -0.05) is 62.3 Å². The zero-order valence-corrected chi connectivity index (χ0v) is 42.9. The first-order valence-corrected chi connectivity index (χ1v) is 25.0. The summed E-state index contributed by atoms with van der Waals surface area (Å²) in [6, 6.07) is 19.5. The molecular formula is C46H52BrCl4F5N8O8. The highest BCUT2D eigenvalue weighted by Gasteiger charge is 2.38. The number of piperazine rings is 2. The number of nitrogens with zero attached hydrogens (tertiary/aromatic N) is 3. The summed E-state index contributed by atoms with van der Waals surface area (Å²) < 4.78 is 80.4. The van der Waals surface area contributed by atoms with Crippen molar-refractivity contribution in [1.29, 1.82) is 0 Å². The second-order valence-corrected chi connectivity index (χ2v) is 18.3. The van der Waals surface area contributed by atoms with E-state index in [4.69, 9.17) is 75.3 Å². The van der Waals surface area contributed by atoms with Crippen LogP contribution >= 0.6 is 62.3 Å². The van der Waals surface area contributed by atoms with Crippen molar-refractivity contribution in [3.05, 3.63) is 105 Å². The number of carboxylic acids is 1. The SMILES string of the molecule is Fc1cc(OCCCBr)ccc1Cl.O=C(NN1CCN(CCCOc2ccc(Cl)c(F)c2)CC1)C1CNc2cc(Cl)ccc2O1.O=C(NN1CCNCC1)C1CNc2cc(Cl)ccc2O1.O=C(O)C(F)(F)F. The molecule has 0 spiro atoms. The van der Waals surface area contributed by atoms with E-state index in [1.807, 2.05) is 10.0 Å². The van der Waals surface area contributed by atoms with Crippen molar-refractivity contribution in [2.45, 2.75) is 31.2 Å². The lowest BCUT2D eigenvalue weighted by Crippen LogP contribution is -2.57. The molecule has 0 bridgehead atoms. The number of rotatable bonds is 13. The molecule has 0 aliphatic carbocycles. The summed E-state index contributed by atoms with van der Waals surface area (Å²) in [6.07, 6.45) is -4.50. The molecule has 2 atom stereocenters. The van der Waals surface area contributed by atoms with Gasteiger partial charge in [0, 0.05) is 86.4 Å². The third kappa shape index (κ3) is 19.6. The number of fused-ring (bicyclic) bond motifs is 2. The molecule has 4 aliphatic heterocycles. The van der Waals surface area contributed by atoms with Crippen LogP contribution in [-0.2, 0) is 14.4 Å². The van der Waals surface area contributed by atoms with Crippen LogP contribution in [0.25, 0.3) is 0 Å². The van der Waals surface area contributed by atoms with E-state index in [9.17, 15) is 31.5 Å². The summed E-state index contributed by atoms with van der Waals surface area (Å²) in [5.74, 6) is -1.71. The standard InChI is InChI=1S/C22H25Cl2FN4O3.C13H17ClN4O2.C9H9BrClFO.C2HF3O2/c23-15-2-5-20-19(12-15)26-14-21(32-20)22(30)27-29-9-7-28(8-10-29)6-1-11-31-16-3-4-17(24)18(25)13-16;14-9-1-2-11-10(7-9)16-8-12(20-11)13(19)17-18-5-3-15-4-6-18;10-4-1-5-13-7-2-3-8(11)9(12)6-7;3-2(4,5)1(6)7/h2-5,12-13,21,26H,1,6-11,14H2,(H,27,30);1-2,7,12,15-16H,3-6,8H2,(H,17,19);2-3,6H,1,4-5H2;(H,6,7). The number of carbonyl (C=O) groups is 3. The van der Waals surface area contributed by atoms with Gasteiger partial charge in [-0.2, -0.15) is 13.2 Å². The Labute approximate surface area is 440 Å². The summed E-state index contributed by atoms with van der Waals surface area (Å²) in [5.41, 5.74) is 7.46. The van der Waals surface area contributed by atoms with Crippen molar-refractivity contribution in [2.24, 2.45) is 0 Å². The fraction of sp³-hybridized carbons (Fsp3) is 0.413. The first-order valence-electron chi connectivity index (χ1n) is 22.3. The minimum Gasteiger partial charge on any atom is -0.493 e. The quantitative estimate of drug-likeness (QED) is 0.0430. The number of hydrazine groups is 2. The number of aliphatic carboxylic acids is 1. The average Bonchev–Trinajstić information content (AvgIpc) is 3.36. The van der Waals surface area contributed by atoms with Gasteiger partial charge in [-0.3, -0.25) is 20.4 Å². The number of anilines is 2. The van der Waals surface area contributed by atoms with Gasteiger partial charge in [-0.05, 0) is 73.5 Å². The van der Waals surface area contributed by atoms with Crippen molar-refractivity contribution in [1.82, 2.24) is 31.1 Å². The van der Waals surface area contributed by atoms with Gasteiger partial charge in [0.15, 0.2) is 12.2 Å². The molecule has 2 amide bonds. The van der Waals surface area contributed by atoms with Gasteiger partial charge in [0.25, 0.3) is 11.8 Å². The van der Waals surface area contributed by atoms with Crippen molar-refractivity contribution in [2.75, 3.05) is 101 Å². The Morgan fingerprint density at radius 3 is 1.56 bits per heavy atom. The second kappa shape index (κ2) is 29.2. The van der Waals surface area contributed by atoms with E-state index >= 15 is 0 Å². The minimum absolute atomic E-state index is 0.0864. The van der Waals surface area contributed by atoms with Crippen LogP contribution in [0, 0.1) is 11.6 Å². The van der Waals surface area contributed by atoms with E-state index in [1.165, 1.54) is 24.3 Å². The van der Waals surface area contributed by atoms with Gasteiger partial charge in [-0.15, -0.1) is 0 Å². The number of ether oxygens (including phenoxy) is 4. The fourth-order valence-corrected chi connectivity index (χ4v) is 7.55. The van der Waals surface area contributed by atoms with Crippen LogP contribution in [0.5, 0.6) is 23.0 Å². The molecule has 2 fully saturated rings. The maximum atomic E-state index is 13.4. The van der Waals surface area contributed by atoms with Gasteiger partial charge in [0.05, 0.1) is 47.7 Å². The van der Waals surface area contributed by atoms with Crippen LogP contribution in [0.15, 0.2) is 72.8 Å². The van der Waals surface area contributed by atoms with E-state index in [0.29, 0.717) is 59.3 Å². The van der Waals surface area contributed by atoms with Gasteiger partial charge in [0.2, 0.25) is 0 Å². The molecule has 2 saturated heterocycles. The zero-order valence-electron chi connectivity index (χ0n) is 38.3. The normalized spacial score (nSPS) is 17.5. The molecule has 72 heavy (non-hydrogen) atoms. The maximum absolute atomic E-state index is 13.4. The number of carboxylic acid groups (broad SMARTS) is 1. The summed E-state index contributed by atoms with van der Waals surface area (Å²) >= 11 is 26.4. The summed E-state index contributed by atoms with van der Waals surface area (Å²) in [5, 5.41) is 22.9. The monoisotopic (exact) mass is 1160 g/mol. The third-order valence-electron chi connectivity index (χ3n) is 10.4. The van der Waals surface area contributed by atoms with E-state index in [1.54, 1.807) is 48.5 Å². The molecule has 26 heteroatoms. The second-order valence-electron chi connectivity index (χ2n) is 15.8. The third-order valence-corrected chi connectivity index (χ3v) is 12.1. The Balaban J connectivity index is 0.000000204. The fourth-order valence-electron chi connectivity index (χ4n) is 6.75. The largest absolute Gasteiger partial charge is 0.493 e. The van der Waals surface area contributed by atoms with E-state index in [-0.39, 0.29) is 21.9 Å². The number of hydrogen-bond acceptors (Lipinski definition) is 13. The molecule has 0 aromatic heterocycles. The molecule has 4 aromatic rings. The van der Waals surface area contributed by atoms with Gasteiger partial charge >= 0.3 is 12.1 Å². The van der Waals surface area contributed by atoms with Crippen molar-refractivity contribution in [3.63, 3.8) is 0 Å². The summed E-state index contributed by atoms with van der Waals surface area (Å²) in [7, 11) is 0. The molecule has 4 aromatic carbocycles. The van der Waals surface area contributed by atoms with Crippen LogP contribution in [0.3, 0.4) is 0 Å². The van der Waals surface area contributed by atoms with Crippen LogP contribution in [0.2, 0.25) is 20.1 Å². The zero-order chi connectivity index (χ0) is 52.2. The Bertz CT molecular complexity index is 2410. The lowest BCUT2D eigenvalue weighted by Gasteiger charge is -2.36. The number of hydrogen-bond donors (Lipinski definition) is 6. The molecule has 16 nitrogen and oxygen atoms in total. The first kappa shape index (κ1) is 58.1. The summed E-state index contributed by atoms with van der Waals surface area (Å²) in [4.78, 5) is 36.0. The van der Waals surface area contributed by atoms with E-state index in [2.05, 4.69) is 47.6 Å². The number of carbonyl (C=O) groups excluding carboxylic acids is 2. The molecular weight excluding hydrogens is 1110 g/mol. The van der Waals surface area contributed by atoms with Crippen LogP contribution in [0.4, 0.5) is 33.3 Å². The average molecular weight is 1160 g/mol. The van der Waals surface area contributed by atoms with E-state index < -0.39 is 36.0 Å². The Morgan fingerprint density at radius 2 is 1.12 bits per heavy atom. The number of benzene rings is 4. The molecule has 4 heterocycles. The number of nitrogens with one attached hydrogen (secondary N) is 5. The van der Waals surface area contributed by atoms with Crippen LogP contribution in [0.1, 0.15) is 12.8 Å². The smallest absolute Gasteiger partial charge is 0.490 e. The van der Waals surface area contributed by atoms with Gasteiger partial charge in [0.1, 0.15) is 34.6 Å². The van der Waals surface area contributed by atoms with Crippen molar-refractivity contribution in [3.8, 4) is 23.0 Å². The molecule has 0 radical (unpaired) electrons. The lowest BCUT2D eigenvalue weighted by molar-refractivity contribution is -0.192. The highest BCUT2D eigenvalue weighted by molar-refractivity contribution is 9.09. The Kier molecular flexibility index (Phi) is 23.6. The predicted molar refractivity (Wildman–Crippen MR) is 268 cm³/mol. The Morgan fingerprint density at radius 1 is 0.681 bits per heavy atom. The minimum atomic E-state index is -5.08. The maximum Gasteiger partial charge on any atom is 0.490 e. The number of halogens is 10. The van der Waals surface area contributed by atoms with Crippen molar-refractivity contribution < 1.29 is 60.4 Å². The van der Waals surface area contributed by atoms with Gasteiger partial charge in [-0.25, -0.2) is 23.6 Å². The number of amides is 2. The highest BCUT2D eigenvalue weighted by Crippen LogP contribution is 2.33. The highest BCUT2D eigenvalue weighted by atomic mass is 79.9. The molecule has 4 aliphatic rings. The van der Waals surface area contributed by atoms with Gasteiger partial charge < -0.3 is 44.9 Å². The molecule has 2 unspecified atom stereocenters. The molecule has 8 rings (SSSR count). The molecule has 0 saturated carbocycles. The number of alkyl halides is 4. The Hall–Kier alpha value is -4.78. The first-order chi connectivity index (χ1) is 34.4. The van der Waals surface area contributed by atoms with Crippen LogP contribution in [-0.4, -0.2) is 147 Å². The van der Waals surface area contributed by atoms with E-state index in [0.717, 1.165) is 88.4 Å². The lowest BCUT2D eigenvalue weighted by atomic mass is 10.2. The topological polar surface area (TPSA) is 178 Å². The van der Waals surface area contributed by atoms with Crippen LogP contribution < -0.4 is 45.7 Å².